The Kier molecular flexibility index (Phi) is 5.07. The van der Waals surface area contributed by atoms with Crippen molar-refractivity contribution in [2.45, 2.75) is 18.1 Å². The zero-order valence-electron chi connectivity index (χ0n) is 11.1. The van der Waals surface area contributed by atoms with Gasteiger partial charge in [0.15, 0.2) is 5.16 Å². The number of benzene rings is 1. The number of fused-ring (bicyclic) bond motifs is 1. The van der Waals surface area contributed by atoms with Crippen LogP contribution in [0.25, 0.3) is 11.0 Å². The van der Waals surface area contributed by atoms with Crippen molar-refractivity contribution < 1.29 is 9.84 Å². The Morgan fingerprint density at radius 3 is 3.05 bits per heavy atom. The molecule has 1 aromatic carbocycles. The van der Waals surface area contributed by atoms with E-state index in [2.05, 4.69) is 15.3 Å². The monoisotopic (exact) mass is 281 g/mol. The molecule has 5 nitrogen and oxygen atoms in total. The average molecular weight is 281 g/mol. The van der Waals surface area contributed by atoms with Crippen LogP contribution in [0.2, 0.25) is 0 Å². The summed E-state index contributed by atoms with van der Waals surface area (Å²) in [6.45, 7) is 3.01. The first-order chi connectivity index (χ1) is 9.26. The predicted molar refractivity (Wildman–Crippen MR) is 77.9 cm³/mol. The Morgan fingerprint density at radius 1 is 1.53 bits per heavy atom. The minimum Gasteiger partial charge on any atom is -0.497 e. The third-order valence-corrected chi connectivity index (χ3v) is 3.84. The number of rotatable bonds is 7. The summed E-state index contributed by atoms with van der Waals surface area (Å²) in [6, 6.07) is 5.85. The van der Waals surface area contributed by atoms with Crippen LogP contribution >= 0.6 is 11.8 Å². The van der Waals surface area contributed by atoms with Gasteiger partial charge in [0.25, 0.3) is 0 Å². The number of ether oxygens (including phenoxy) is 1. The van der Waals surface area contributed by atoms with Crippen molar-refractivity contribution in [2.75, 3.05) is 26.0 Å². The summed E-state index contributed by atoms with van der Waals surface area (Å²) in [6.07, 6.45) is 0. The van der Waals surface area contributed by atoms with Crippen LogP contribution in [0, 0.1) is 0 Å². The number of aromatic nitrogens is 2. The summed E-state index contributed by atoms with van der Waals surface area (Å²) in [5, 5.41) is 13.3. The smallest absolute Gasteiger partial charge is 0.166 e. The van der Waals surface area contributed by atoms with Crippen LogP contribution in [0.15, 0.2) is 23.4 Å². The highest BCUT2D eigenvalue weighted by Gasteiger charge is 2.09. The molecular formula is C13H19N3O2S. The molecule has 0 aliphatic heterocycles. The van der Waals surface area contributed by atoms with Crippen LogP contribution in [0.5, 0.6) is 5.75 Å². The number of hydrogen-bond acceptors (Lipinski definition) is 5. The fraction of sp³-hybridized carbons (Fsp3) is 0.462. The Labute approximate surface area is 116 Å². The van der Waals surface area contributed by atoms with Crippen LogP contribution < -0.4 is 10.1 Å². The lowest BCUT2D eigenvalue weighted by Gasteiger charge is -2.12. The lowest BCUT2D eigenvalue weighted by atomic mass is 10.3. The molecule has 2 aromatic rings. The van der Waals surface area contributed by atoms with Gasteiger partial charge in [0.1, 0.15) is 5.75 Å². The molecule has 1 unspecified atom stereocenters. The molecule has 1 heterocycles. The molecule has 0 aliphatic carbocycles. The maximum atomic E-state index is 9.22. The van der Waals surface area contributed by atoms with E-state index in [0.717, 1.165) is 34.2 Å². The second-order valence-corrected chi connectivity index (χ2v) is 5.18. The first-order valence-electron chi connectivity index (χ1n) is 6.27. The van der Waals surface area contributed by atoms with Gasteiger partial charge < -0.3 is 20.1 Å². The van der Waals surface area contributed by atoms with Gasteiger partial charge in [-0.1, -0.05) is 18.7 Å². The zero-order valence-corrected chi connectivity index (χ0v) is 12.0. The molecule has 0 bridgehead atoms. The van der Waals surface area contributed by atoms with Crippen molar-refractivity contribution >= 4 is 22.8 Å². The minimum atomic E-state index is 0.0951. The molecule has 2 rings (SSSR count). The topological polar surface area (TPSA) is 70.2 Å². The highest BCUT2D eigenvalue weighted by Crippen LogP contribution is 2.23. The molecule has 0 saturated heterocycles. The van der Waals surface area contributed by atoms with Crippen LogP contribution in [0.3, 0.4) is 0 Å². The number of aliphatic hydroxyl groups is 1. The molecule has 0 spiro atoms. The Bertz CT molecular complexity index is 530. The number of hydrogen-bond donors (Lipinski definition) is 3. The second kappa shape index (κ2) is 6.79. The first-order valence-corrected chi connectivity index (χ1v) is 7.26. The fourth-order valence-electron chi connectivity index (χ4n) is 1.81. The molecule has 3 N–H and O–H groups in total. The Hall–Kier alpha value is -1.24. The molecule has 104 valence electrons. The maximum Gasteiger partial charge on any atom is 0.166 e. The van der Waals surface area contributed by atoms with E-state index in [9.17, 15) is 5.11 Å². The number of aliphatic hydroxyl groups excluding tert-OH is 1. The van der Waals surface area contributed by atoms with Crippen LogP contribution in [-0.4, -0.2) is 47.1 Å². The first kappa shape index (κ1) is 14.2. The van der Waals surface area contributed by atoms with Gasteiger partial charge in [-0.05, 0) is 18.7 Å². The normalized spacial score (nSPS) is 12.8. The number of methoxy groups -OCH3 is 1. The number of nitrogens with zero attached hydrogens (tertiary/aromatic N) is 1. The largest absolute Gasteiger partial charge is 0.497 e. The molecule has 0 aliphatic rings. The highest BCUT2D eigenvalue weighted by atomic mass is 32.2. The summed E-state index contributed by atoms with van der Waals surface area (Å²) in [4.78, 5) is 7.75. The third-order valence-electron chi connectivity index (χ3n) is 2.80. The van der Waals surface area contributed by atoms with Gasteiger partial charge in [-0.25, -0.2) is 4.98 Å². The molecule has 6 heteroatoms. The SMILES string of the molecule is CCNC(CO)CSc1nc2ccc(OC)cc2[nH]1. The van der Waals surface area contributed by atoms with Gasteiger partial charge >= 0.3 is 0 Å². The quantitative estimate of drug-likeness (QED) is 0.673. The van der Waals surface area contributed by atoms with Gasteiger partial charge in [-0.15, -0.1) is 0 Å². The number of H-pyrrole nitrogens is 1. The Balaban J connectivity index is 2.04. The van der Waals surface area contributed by atoms with Gasteiger partial charge in [0.05, 0.1) is 24.8 Å². The number of imidazole rings is 1. The summed E-state index contributed by atoms with van der Waals surface area (Å²) in [5.41, 5.74) is 1.89. The van der Waals surface area contributed by atoms with Crippen molar-refractivity contribution in [3.8, 4) is 5.75 Å². The number of nitrogens with one attached hydrogen (secondary N) is 2. The van der Waals surface area contributed by atoms with Crippen LogP contribution in [-0.2, 0) is 0 Å². The van der Waals surface area contributed by atoms with Crippen molar-refractivity contribution in [1.29, 1.82) is 0 Å². The molecular weight excluding hydrogens is 262 g/mol. The third kappa shape index (κ3) is 3.62. The highest BCUT2D eigenvalue weighted by molar-refractivity contribution is 7.99. The van der Waals surface area contributed by atoms with E-state index in [4.69, 9.17) is 4.74 Å². The maximum absolute atomic E-state index is 9.22. The summed E-state index contributed by atoms with van der Waals surface area (Å²) in [7, 11) is 1.65. The molecule has 19 heavy (non-hydrogen) atoms. The van der Waals surface area contributed by atoms with Crippen molar-refractivity contribution in [3.63, 3.8) is 0 Å². The molecule has 1 atom stereocenters. The standard InChI is InChI=1S/C13H19N3O2S/c1-3-14-9(7-17)8-19-13-15-11-5-4-10(18-2)6-12(11)16-13/h4-6,9,14,17H,3,7-8H2,1-2H3,(H,15,16). The lowest BCUT2D eigenvalue weighted by molar-refractivity contribution is 0.255. The lowest BCUT2D eigenvalue weighted by Crippen LogP contribution is -2.34. The molecule has 0 radical (unpaired) electrons. The van der Waals surface area contributed by atoms with Crippen molar-refractivity contribution in [2.24, 2.45) is 0 Å². The van der Waals surface area contributed by atoms with Gasteiger partial charge in [-0.3, -0.25) is 0 Å². The Morgan fingerprint density at radius 2 is 2.37 bits per heavy atom. The van der Waals surface area contributed by atoms with E-state index >= 15 is 0 Å². The molecule has 1 aromatic heterocycles. The second-order valence-electron chi connectivity index (χ2n) is 4.17. The molecule has 0 amide bonds. The average Bonchev–Trinajstić information content (AvgIpc) is 2.84. The summed E-state index contributed by atoms with van der Waals surface area (Å²) in [5.74, 6) is 1.59. The van der Waals surface area contributed by atoms with E-state index in [0.29, 0.717) is 0 Å². The van der Waals surface area contributed by atoms with E-state index in [1.807, 2.05) is 25.1 Å². The van der Waals surface area contributed by atoms with Gasteiger partial charge in [-0.2, -0.15) is 0 Å². The van der Waals surface area contributed by atoms with E-state index in [-0.39, 0.29) is 12.6 Å². The summed E-state index contributed by atoms with van der Waals surface area (Å²) >= 11 is 1.60. The zero-order chi connectivity index (χ0) is 13.7. The van der Waals surface area contributed by atoms with Crippen LogP contribution in [0.1, 0.15) is 6.92 Å². The number of thioether (sulfide) groups is 1. The van der Waals surface area contributed by atoms with Crippen molar-refractivity contribution in [3.05, 3.63) is 18.2 Å². The predicted octanol–water partition coefficient (Wildman–Crippen LogP) is 1.63. The number of likely N-dealkylation sites (N-methyl/N-ethyl adjacent to an activating group) is 1. The van der Waals surface area contributed by atoms with Crippen molar-refractivity contribution in [1.82, 2.24) is 15.3 Å². The minimum absolute atomic E-state index is 0.0951. The van der Waals surface area contributed by atoms with Gasteiger partial charge in [0, 0.05) is 17.9 Å². The summed E-state index contributed by atoms with van der Waals surface area (Å²) < 4.78 is 5.18. The van der Waals surface area contributed by atoms with Crippen LogP contribution in [0.4, 0.5) is 0 Å². The van der Waals surface area contributed by atoms with Gasteiger partial charge in [0.2, 0.25) is 0 Å². The molecule has 0 fully saturated rings. The van der Waals surface area contributed by atoms with E-state index < -0.39 is 0 Å². The number of aromatic amines is 1. The fourth-order valence-corrected chi connectivity index (χ4v) is 2.73. The van der Waals surface area contributed by atoms with E-state index in [1.165, 1.54) is 0 Å². The van der Waals surface area contributed by atoms with E-state index in [1.54, 1.807) is 18.9 Å². The molecule has 0 saturated carbocycles.